The number of aromatic nitrogens is 2. The molecule has 9 heteroatoms. The molecular weight excluding hydrogens is 482 g/mol. The number of benzene rings is 2. The number of carbonyl (C=O) groups excluding carboxylic acids is 2. The van der Waals surface area contributed by atoms with Gasteiger partial charge >= 0.3 is 0 Å². The molecule has 0 aliphatic carbocycles. The highest BCUT2D eigenvalue weighted by Gasteiger charge is 2.23. The summed E-state index contributed by atoms with van der Waals surface area (Å²) in [7, 11) is 0. The Hall–Kier alpha value is -4.37. The third kappa shape index (κ3) is 5.05. The SMILES string of the molecule is CCC(=O)N1CCN(Cc2c(-c3ccc([N+](=O)[O-])cc3)nc3ccc(-c4ccc(C(C)=O)cc4)cn23)CC1. The van der Waals surface area contributed by atoms with Crippen LogP contribution in [-0.2, 0) is 11.3 Å². The minimum Gasteiger partial charge on any atom is -0.340 e. The molecule has 0 bridgehead atoms. The number of carbonyl (C=O) groups is 2. The van der Waals surface area contributed by atoms with Gasteiger partial charge in [0.25, 0.3) is 5.69 Å². The lowest BCUT2D eigenvalue weighted by Gasteiger charge is -2.34. The number of piperazine rings is 1. The first kappa shape index (κ1) is 25.3. The maximum absolute atomic E-state index is 12.1. The number of hydrogen-bond donors (Lipinski definition) is 0. The normalized spacial score (nSPS) is 14.1. The summed E-state index contributed by atoms with van der Waals surface area (Å²) >= 11 is 0. The molecule has 0 atom stereocenters. The van der Waals surface area contributed by atoms with E-state index < -0.39 is 4.92 Å². The van der Waals surface area contributed by atoms with Gasteiger partial charge in [0.05, 0.1) is 16.3 Å². The number of ketones is 1. The molecular formula is C29H29N5O4. The molecule has 2 aromatic carbocycles. The van der Waals surface area contributed by atoms with E-state index >= 15 is 0 Å². The fourth-order valence-electron chi connectivity index (χ4n) is 4.88. The standard InChI is InChI=1S/C29H29N5O4/c1-3-28(36)32-16-14-31(15-17-32)19-26-29(23-8-11-25(12-9-23)34(37)38)30-27-13-10-24(18-33(26)27)22-6-4-21(5-7-22)20(2)35/h4-13,18H,3,14-17,19H2,1-2H3. The molecule has 0 radical (unpaired) electrons. The van der Waals surface area contributed by atoms with Crippen molar-refractivity contribution in [3.8, 4) is 22.4 Å². The third-order valence-electron chi connectivity index (χ3n) is 7.09. The van der Waals surface area contributed by atoms with Gasteiger partial charge in [-0.3, -0.25) is 24.6 Å². The Bertz CT molecular complexity index is 1500. The van der Waals surface area contributed by atoms with E-state index in [0.29, 0.717) is 31.6 Å². The molecule has 1 fully saturated rings. The average molecular weight is 512 g/mol. The number of nitrogens with zero attached hydrogens (tertiary/aromatic N) is 5. The highest BCUT2D eigenvalue weighted by Crippen LogP contribution is 2.30. The van der Waals surface area contributed by atoms with Crippen LogP contribution in [0.3, 0.4) is 0 Å². The van der Waals surface area contributed by atoms with Crippen LogP contribution in [0.1, 0.15) is 36.3 Å². The summed E-state index contributed by atoms with van der Waals surface area (Å²) in [5.74, 6) is 0.198. The van der Waals surface area contributed by atoms with Crippen LogP contribution in [0.2, 0.25) is 0 Å². The molecule has 1 amide bonds. The van der Waals surface area contributed by atoms with Crippen LogP contribution < -0.4 is 0 Å². The third-order valence-corrected chi connectivity index (χ3v) is 7.09. The van der Waals surface area contributed by atoms with E-state index in [-0.39, 0.29) is 17.4 Å². The molecule has 5 rings (SSSR count). The number of nitro benzene ring substituents is 1. The van der Waals surface area contributed by atoms with Crippen molar-refractivity contribution in [3.63, 3.8) is 0 Å². The molecule has 194 valence electrons. The fourth-order valence-corrected chi connectivity index (χ4v) is 4.88. The quantitative estimate of drug-likeness (QED) is 0.200. The predicted octanol–water partition coefficient (Wildman–Crippen LogP) is 4.83. The number of pyridine rings is 1. The van der Waals surface area contributed by atoms with Gasteiger partial charge in [-0.1, -0.05) is 31.2 Å². The number of nitro groups is 1. The highest BCUT2D eigenvalue weighted by atomic mass is 16.6. The van der Waals surface area contributed by atoms with Gasteiger partial charge in [0.2, 0.25) is 5.91 Å². The van der Waals surface area contributed by atoms with Crippen molar-refractivity contribution in [3.05, 3.63) is 88.2 Å². The van der Waals surface area contributed by atoms with E-state index in [0.717, 1.165) is 46.8 Å². The number of hydrogen-bond acceptors (Lipinski definition) is 6. The van der Waals surface area contributed by atoms with E-state index in [2.05, 4.69) is 9.30 Å². The van der Waals surface area contributed by atoms with Gasteiger partial charge in [0, 0.05) is 68.6 Å². The van der Waals surface area contributed by atoms with E-state index in [9.17, 15) is 19.7 Å². The van der Waals surface area contributed by atoms with Crippen molar-refractivity contribution in [2.75, 3.05) is 26.2 Å². The number of non-ortho nitro benzene ring substituents is 1. The summed E-state index contributed by atoms with van der Waals surface area (Å²) in [5, 5.41) is 11.2. The van der Waals surface area contributed by atoms with Gasteiger partial charge in [-0.15, -0.1) is 0 Å². The summed E-state index contributed by atoms with van der Waals surface area (Å²) in [4.78, 5) is 43.7. The minimum absolute atomic E-state index is 0.0253. The Kier molecular flexibility index (Phi) is 7.02. The topological polar surface area (TPSA) is 101 Å². The molecule has 0 unspecified atom stereocenters. The van der Waals surface area contributed by atoms with Crippen LogP contribution in [-0.4, -0.2) is 62.0 Å². The second-order valence-corrected chi connectivity index (χ2v) is 9.50. The Morgan fingerprint density at radius 2 is 1.53 bits per heavy atom. The molecule has 1 saturated heterocycles. The monoisotopic (exact) mass is 511 g/mol. The van der Waals surface area contributed by atoms with E-state index in [1.165, 1.54) is 12.1 Å². The molecule has 1 aliphatic rings. The number of fused-ring (bicyclic) bond motifs is 1. The van der Waals surface area contributed by atoms with Gasteiger partial charge in [-0.2, -0.15) is 0 Å². The molecule has 0 spiro atoms. The first-order chi connectivity index (χ1) is 18.3. The Balaban J connectivity index is 1.53. The molecule has 0 N–H and O–H groups in total. The lowest BCUT2D eigenvalue weighted by atomic mass is 10.0. The zero-order valence-corrected chi connectivity index (χ0v) is 21.5. The van der Waals surface area contributed by atoms with Crippen LogP contribution in [0, 0.1) is 10.1 Å². The average Bonchev–Trinajstić information content (AvgIpc) is 3.30. The largest absolute Gasteiger partial charge is 0.340 e. The molecule has 9 nitrogen and oxygen atoms in total. The lowest BCUT2D eigenvalue weighted by molar-refractivity contribution is -0.384. The van der Waals surface area contributed by atoms with Crippen LogP contribution in [0.4, 0.5) is 5.69 Å². The van der Waals surface area contributed by atoms with Crippen LogP contribution in [0.5, 0.6) is 0 Å². The van der Waals surface area contributed by atoms with Crippen LogP contribution in [0.15, 0.2) is 66.9 Å². The van der Waals surface area contributed by atoms with Crippen molar-refractivity contribution in [2.24, 2.45) is 0 Å². The second kappa shape index (κ2) is 10.5. The highest BCUT2D eigenvalue weighted by molar-refractivity contribution is 5.94. The number of Topliss-reactive ketones (excluding diaryl/α,β-unsaturated/α-hetero) is 1. The van der Waals surface area contributed by atoms with Crippen molar-refractivity contribution < 1.29 is 14.5 Å². The first-order valence-electron chi connectivity index (χ1n) is 12.7. The molecule has 0 saturated carbocycles. The van der Waals surface area contributed by atoms with Crippen molar-refractivity contribution in [1.82, 2.24) is 19.2 Å². The number of rotatable bonds is 7. The summed E-state index contributed by atoms with van der Waals surface area (Å²) in [6, 6.07) is 18.0. The Morgan fingerprint density at radius 3 is 2.13 bits per heavy atom. The van der Waals surface area contributed by atoms with Crippen LogP contribution in [0.25, 0.3) is 28.0 Å². The maximum Gasteiger partial charge on any atom is 0.269 e. The fraction of sp³-hybridized carbons (Fsp3) is 0.276. The van der Waals surface area contributed by atoms with Crippen molar-refractivity contribution >= 4 is 23.0 Å². The van der Waals surface area contributed by atoms with E-state index in [4.69, 9.17) is 4.98 Å². The van der Waals surface area contributed by atoms with Gasteiger partial charge in [0.15, 0.2) is 5.78 Å². The van der Waals surface area contributed by atoms with E-state index in [1.54, 1.807) is 19.1 Å². The summed E-state index contributed by atoms with van der Waals surface area (Å²) in [6.45, 7) is 6.93. The van der Waals surface area contributed by atoms with E-state index in [1.807, 2.05) is 54.4 Å². The Morgan fingerprint density at radius 1 is 0.895 bits per heavy atom. The number of imidazole rings is 1. The Labute approximate surface area is 220 Å². The minimum atomic E-state index is -0.408. The summed E-state index contributed by atoms with van der Waals surface area (Å²) in [5.41, 5.74) is 6.01. The first-order valence-corrected chi connectivity index (χ1v) is 12.7. The molecule has 4 aromatic rings. The van der Waals surface area contributed by atoms with Gasteiger partial charge < -0.3 is 9.30 Å². The van der Waals surface area contributed by atoms with Crippen molar-refractivity contribution in [2.45, 2.75) is 26.8 Å². The zero-order chi connectivity index (χ0) is 26.8. The van der Waals surface area contributed by atoms with Gasteiger partial charge in [-0.05, 0) is 42.3 Å². The van der Waals surface area contributed by atoms with Gasteiger partial charge in [-0.25, -0.2) is 4.98 Å². The molecule has 1 aliphatic heterocycles. The maximum atomic E-state index is 12.1. The van der Waals surface area contributed by atoms with Crippen molar-refractivity contribution in [1.29, 1.82) is 0 Å². The zero-order valence-electron chi connectivity index (χ0n) is 21.5. The van der Waals surface area contributed by atoms with Gasteiger partial charge in [0.1, 0.15) is 5.65 Å². The second-order valence-electron chi connectivity index (χ2n) is 9.50. The summed E-state index contributed by atoms with van der Waals surface area (Å²) < 4.78 is 2.08. The number of amides is 1. The van der Waals surface area contributed by atoms with Crippen LogP contribution >= 0.6 is 0 Å². The lowest BCUT2D eigenvalue weighted by Crippen LogP contribution is -2.48. The molecule has 3 heterocycles. The predicted molar refractivity (Wildman–Crippen MR) is 145 cm³/mol. The smallest absolute Gasteiger partial charge is 0.269 e. The molecule has 38 heavy (non-hydrogen) atoms. The summed E-state index contributed by atoms with van der Waals surface area (Å²) in [6.07, 6.45) is 2.56. The molecule has 2 aromatic heterocycles.